The van der Waals surface area contributed by atoms with Gasteiger partial charge in [-0.3, -0.25) is 4.90 Å². The van der Waals surface area contributed by atoms with Crippen LogP contribution in [0.2, 0.25) is 0 Å². The van der Waals surface area contributed by atoms with Gasteiger partial charge >= 0.3 is 0 Å². The highest BCUT2D eigenvalue weighted by molar-refractivity contribution is 6.36. The molecular formula is C8H12Cl2FNO. The SMILES string of the molecule is OCC1CC(F)CN1C/C(Cl)=C/Cl. The number of hydrogen-bond donors (Lipinski definition) is 1. The van der Waals surface area contributed by atoms with Crippen LogP contribution in [-0.4, -0.2) is 41.9 Å². The Morgan fingerprint density at radius 2 is 2.38 bits per heavy atom. The molecule has 1 saturated heterocycles. The zero-order valence-corrected chi connectivity index (χ0v) is 8.60. The summed E-state index contributed by atoms with van der Waals surface area (Å²) in [6.07, 6.45) is -0.486. The van der Waals surface area contributed by atoms with Crippen LogP contribution in [0, 0.1) is 0 Å². The van der Waals surface area contributed by atoms with Crippen LogP contribution in [0.3, 0.4) is 0 Å². The third-order valence-electron chi connectivity index (χ3n) is 2.16. The van der Waals surface area contributed by atoms with Crippen LogP contribution in [0.15, 0.2) is 10.6 Å². The quantitative estimate of drug-likeness (QED) is 0.794. The van der Waals surface area contributed by atoms with E-state index < -0.39 is 6.17 Å². The number of aliphatic hydroxyl groups is 1. The zero-order valence-electron chi connectivity index (χ0n) is 7.09. The minimum absolute atomic E-state index is 0.0348. The average molecular weight is 228 g/mol. The Morgan fingerprint density at radius 3 is 2.92 bits per heavy atom. The molecule has 0 spiro atoms. The first-order chi connectivity index (χ1) is 6.17. The molecule has 0 bridgehead atoms. The maximum atomic E-state index is 12.9. The van der Waals surface area contributed by atoms with Crippen LogP contribution in [0.4, 0.5) is 4.39 Å². The summed E-state index contributed by atoms with van der Waals surface area (Å²) < 4.78 is 12.9. The van der Waals surface area contributed by atoms with Crippen molar-refractivity contribution in [2.45, 2.75) is 18.6 Å². The summed E-state index contributed by atoms with van der Waals surface area (Å²) in [7, 11) is 0. The Hall–Kier alpha value is 0.170. The summed E-state index contributed by atoms with van der Waals surface area (Å²) in [4.78, 5) is 1.80. The summed E-state index contributed by atoms with van der Waals surface area (Å²) >= 11 is 11.1. The van der Waals surface area contributed by atoms with Crippen molar-refractivity contribution in [2.24, 2.45) is 0 Å². The number of halogens is 3. The molecule has 0 aromatic carbocycles. The molecule has 2 nitrogen and oxygen atoms in total. The van der Waals surface area contributed by atoms with Gasteiger partial charge in [-0.25, -0.2) is 4.39 Å². The van der Waals surface area contributed by atoms with E-state index >= 15 is 0 Å². The van der Waals surface area contributed by atoms with Gasteiger partial charge in [0, 0.05) is 29.7 Å². The third kappa shape index (κ3) is 3.09. The van der Waals surface area contributed by atoms with E-state index in [1.54, 1.807) is 4.90 Å². The lowest BCUT2D eigenvalue weighted by Crippen LogP contribution is -2.33. The lowest BCUT2D eigenvalue weighted by Gasteiger charge is -2.21. The lowest BCUT2D eigenvalue weighted by molar-refractivity contribution is 0.169. The van der Waals surface area contributed by atoms with Crippen molar-refractivity contribution >= 4 is 23.2 Å². The van der Waals surface area contributed by atoms with Crippen molar-refractivity contribution in [3.63, 3.8) is 0 Å². The van der Waals surface area contributed by atoms with Crippen LogP contribution in [0.25, 0.3) is 0 Å². The number of rotatable bonds is 3. The summed E-state index contributed by atoms with van der Waals surface area (Å²) in [5.41, 5.74) is 1.27. The second-order valence-corrected chi connectivity index (χ2v) is 3.86. The van der Waals surface area contributed by atoms with E-state index in [1.807, 2.05) is 0 Å². The van der Waals surface area contributed by atoms with E-state index in [0.29, 0.717) is 24.5 Å². The van der Waals surface area contributed by atoms with E-state index in [4.69, 9.17) is 28.3 Å². The Morgan fingerprint density at radius 1 is 1.69 bits per heavy atom. The second kappa shape index (κ2) is 5.15. The molecule has 0 amide bonds. The molecule has 13 heavy (non-hydrogen) atoms. The van der Waals surface area contributed by atoms with Crippen molar-refractivity contribution in [2.75, 3.05) is 19.7 Å². The number of likely N-dealkylation sites (tertiary alicyclic amines) is 1. The van der Waals surface area contributed by atoms with Gasteiger partial charge in [-0.1, -0.05) is 23.2 Å². The molecule has 76 valence electrons. The first kappa shape index (κ1) is 11.2. The van der Waals surface area contributed by atoms with Crippen LogP contribution in [0.5, 0.6) is 0 Å². The van der Waals surface area contributed by atoms with Crippen LogP contribution in [-0.2, 0) is 0 Å². The van der Waals surface area contributed by atoms with Gasteiger partial charge in [0.1, 0.15) is 6.17 Å². The zero-order chi connectivity index (χ0) is 9.84. The second-order valence-electron chi connectivity index (χ2n) is 3.15. The van der Waals surface area contributed by atoms with Gasteiger partial charge in [0.15, 0.2) is 0 Å². The Bertz CT molecular complexity index is 201. The highest BCUT2D eigenvalue weighted by Crippen LogP contribution is 2.21. The predicted molar refractivity (Wildman–Crippen MR) is 51.7 cm³/mol. The molecule has 2 atom stereocenters. The molecule has 1 heterocycles. The smallest absolute Gasteiger partial charge is 0.114 e. The molecule has 1 fully saturated rings. The molecule has 1 aliphatic rings. The fourth-order valence-electron chi connectivity index (χ4n) is 1.53. The first-order valence-corrected chi connectivity index (χ1v) is 4.92. The van der Waals surface area contributed by atoms with Gasteiger partial charge in [-0.05, 0) is 6.42 Å². The summed E-state index contributed by atoms with van der Waals surface area (Å²) in [6.45, 7) is 0.704. The summed E-state index contributed by atoms with van der Waals surface area (Å²) in [5.74, 6) is 0. The highest BCUT2D eigenvalue weighted by atomic mass is 35.5. The standard InChI is InChI=1S/C8H12Cl2FNO/c9-2-6(10)3-12-4-7(11)1-8(12)5-13/h2,7-8,13H,1,3-5H2/b6-2-. The first-order valence-electron chi connectivity index (χ1n) is 4.11. The summed E-state index contributed by atoms with van der Waals surface area (Å²) in [5, 5.41) is 9.40. The Labute approximate surface area is 86.9 Å². The lowest BCUT2D eigenvalue weighted by atomic mass is 10.2. The van der Waals surface area contributed by atoms with E-state index in [9.17, 15) is 4.39 Å². The van der Waals surface area contributed by atoms with Gasteiger partial charge < -0.3 is 5.11 Å². The van der Waals surface area contributed by atoms with E-state index in [-0.39, 0.29) is 12.6 Å². The third-order valence-corrected chi connectivity index (χ3v) is 2.76. The van der Waals surface area contributed by atoms with Crippen molar-refractivity contribution < 1.29 is 9.50 Å². The van der Waals surface area contributed by atoms with Gasteiger partial charge in [0.05, 0.1) is 6.61 Å². The minimum atomic E-state index is -0.864. The Kier molecular flexibility index (Phi) is 4.46. The molecule has 1 N–H and O–H groups in total. The maximum absolute atomic E-state index is 12.9. The van der Waals surface area contributed by atoms with Gasteiger partial charge in [0.25, 0.3) is 0 Å². The summed E-state index contributed by atoms with van der Waals surface area (Å²) in [6, 6.07) is -0.125. The van der Waals surface area contributed by atoms with Crippen molar-refractivity contribution in [3.8, 4) is 0 Å². The molecular weight excluding hydrogens is 216 g/mol. The highest BCUT2D eigenvalue weighted by Gasteiger charge is 2.31. The molecule has 1 aliphatic heterocycles. The van der Waals surface area contributed by atoms with Crippen molar-refractivity contribution in [1.82, 2.24) is 4.90 Å². The molecule has 0 saturated carbocycles. The predicted octanol–water partition coefficient (Wildman–Crippen LogP) is 1.71. The number of hydrogen-bond acceptors (Lipinski definition) is 2. The molecule has 5 heteroatoms. The fourth-order valence-corrected chi connectivity index (χ4v) is 1.76. The van der Waals surface area contributed by atoms with Crippen LogP contribution in [0.1, 0.15) is 6.42 Å². The normalized spacial score (nSPS) is 31.2. The molecule has 0 aromatic heterocycles. The van der Waals surface area contributed by atoms with Gasteiger partial charge in [-0.15, -0.1) is 0 Å². The van der Waals surface area contributed by atoms with Gasteiger partial charge in [0.2, 0.25) is 0 Å². The fraction of sp³-hybridized carbons (Fsp3) is 0.750. The van der Waals surface area contributed by atoms with Crippen LogP contribution >= 0.6 is 23.2 Å². The average Bonchev–Trinajstić information content (AvgIpc) is 2.46. The largest absolute Gasteiger partial charge is 0.395 e. The molecule has 0 aromatic rings. The number of nitrogens with zero attached hydrogens (tertiary/aromatic N) is 1. The van der Waals surface area contributed by atoms with E-state index in [0.717, 1.165) is 0 Å². The Balaban J connectivity index is 2.48. The molecule has 0 radical (unpaired) electrons. The van der Waals surface area contributed by atoms with E-state index in [1.165, 1.54) is 5.54 Å². The topological polar surface area (TPSA) is 23.5 Å². The molecule has 2 unspecified atom stereocenters. The maximum Gasteiger partial charge on any atom is 0.114 e. The number of alkyl halides is 1. The van der Waals surface area contributed by atoms with Crippen molar-refractivity contribution in [1.29, 1.82) is 0 Å². The number of aliphatic hydroxyl groups excluding tert-OH is 1. The molecule has 1 rings (SSSR count). The van der Waals surface area contributed by atoms with Crippen molar-refractivity contribution in [3.05, 3.63) is 10.6 Å². The minimum Gasteiger partial charge on any atom is -0.395 e. The molecule has 0 aliphatic carbocycles. The monoisotopic (exact) mass is 227 g/mol. The van der Waals surface area contributed by atoms with E-state index in [2.05, 4.69) is 0 Å². The van der Waals surface area contributed by atoms with Gasteiger partial charge in [-0.2, -0.15) is 0 Å². The van der Waals surface area contributed by atoms with Crippen LogP contribution < -0.4 is 0 Å².